The first-order valence-corrected chi connectivity index (χ1v) is 11.1. The van der Waals surface area contributed by atoms with E-state index in [1.54, 1.807) is 18.4 Å². The van der Waals surface area contributed by atoms with E-state index in [0.717, 1.165) is 47.0 Å². The summed E-state index contributed by atoms with van der Waals surface area (Å²) in [4.78, 5) is 16.2. The molecule has 6 heteroatoms. The van der Waals surface area contributed by atoms with Crippen LogP contribution in [0.1, 0.15) is 31.9 Å². The molecule has 2 aliphatic heterocycles. The normalized spacial score (nSPS) is 16.6. The van der Waals surface area contributed by atoms with Crippen LogP contribution in [0.2, 0.25) is 0 Å². The number of methoxy groups -OCH3 is 1. The number of carbonyl (C=O) groups is 1. The van der Waals surface area contributed by atoms with E-state index in [0.29, 0.717) is 23.8 Å². The largest absolute Gasteiger partial charge is 0.496 e. The van der Waals surface area contributed by atoms with Crippen molar-refractivity contribution in [3.05, 3.63) is 80.7 Å². The van der Waals surface area contributed by atoms with Crippen LogP contribution in [0, 0.1) is 6.92 Å². The number of allylic oxidation sites excluding steroid dienone is 1. The summed E-state index contributed by atoms with van der Waals surface area (Å²) in [6.45, 7) is 4.04. The first kappa shape index (κ1) is 19.8. The second-order valence-corrected chi connectivity index (χ2v) is 8.69. The van der Waals surface area contributed by atoms with Gasteiger partial charge in [-0.25, -0.2) is 0 Å². The van der Waals surface area contributed by atoms with Crippen molar-refractivity contribution in [2.45, 2.75) is 19.9 Å². The standard InChI is InChI=1S/C25H23NO4S/c1-16-24-18(12-20-23(27)22(30-25(16)20)13-19-7-5-11-31-19)14-26(15-29-24)10-9-17-6-3-4-8-21(17)28-2/h3-8,11-13H,9-10,14-15H2,1-2H3/b22-13-. The van der Waals surface area contributed by atoms with Gasteiger partial charge in [0.15, 0.2) is 5.76 Å². The molecule has 0 saturated heterocycles. The van der Waals surface area contributed by atoms with Gasteiger partial charge in [0.1, 0.15) is 24.0 Å². The topological polar surface area (TPSA) is 48.0 Å². The molecular weight excluding hydrogens is 410 g/mol. The molecule has 31 heavy (non-hydrogen) atoms. The van der Waals surface area contributed by atoms with E-state index in [9.17, 15) is 4.79 Å². The van der Waals surface area contributed by atoms with Crippen LogP contribution >= 0.6 is 11.3 Å². The number of ketones is 1. The van der Waals surface area contributed by atoms with Crippen LogP contribution in [0.25, 0.3) is 6.08 Å². The molecule has 2 aliphatic rings. The highest BCUT2D eigenvalue weighted by Gasteiger charge is 2.33. The molecule has 2 aromatic carbocycles. The minimum atomic E-state index is -0.0690. The lowest BCUT2D eigenvalue weighted by atomic mass is 10.00. The minimum Gasteiger partial charge on any atom is -0.496 e. The Bertz CT molecular complexity index is 1170. The van der Waals surface area contributed by atoms with Crippen LogP contribution in [0.4, 0.5) is 0 Å². The maximum Gasteiger partial charge on any atom is 0.232 e. The average molecular weight is 434 g/mol. The van der Waals surface area contributed by atoms with Gasteiger partial charge in [-0.3, -0.25) is 9.69 Å². The number of ether oxygens (including phenoxy) is 3. The molecule has 0 saturated carbocycles. The Hall–Kier alpha value is -3.09. The number of carbonyl (C=O) groups excluding carboxylic acids is 1. The smallest absolute Gasteiger partial charge is 0.232 e. The Labute approximate surface area is 185 Å². The molecule has 5 nitrogen and oxygen atoms in total. The van der Waals surface area contributed by atoms with Crippen LogP contribution in [-0.4, -0.2) is 31.1 Å². The van der Waals surface area contributed by atoms with Gasteiger partial charge in [-0.05, 0) is 42.5 Å². The van der Waals surface area contributed by atoms with Crippen molar-refractivity contribution in [2.24, 2.45) is 0 Å². The summed E-state index contributed by atoms with van der Waals surface area (Å²) in [7, 11) is 1.70. The third-order valence-corrected chi connectivity index (χ3v) is 6.53. The second-order valence-electron chi connectivity index (χ2n) is 7.71. The van der Waals surface area contributed by atoms with Gasteiger partial charge in [0.2, 0.25) is 5.78 Å². The number of para-hydroxylation sites is 1. The second kappa shape index (κ2) is 8.21. The zero-order chi connectivity index (χ0) is 21.4. The lowest BCUT2D eigenvalue weighted by molar-refractivity contribution is 0.0952. The molecule has 1 aromatic heterocycles. The molecule has 158 valence electrons. The van der Waals surface area contributed by atoms with E-state index >= 15 is 0 Å². The van der Waals surface area contributed by atoms with Gasteiger partial charge in [-0.2, -0.15) is 0 Å². The Morgan fingerprint density at radius 1 is 1.19 bits per heavy atom. The van der Waals surface area contributed by atoms with Crippen molar-refractivity contribution in [1.82, 2.24) is 4.90 Å². The fourth-order valence-corrected chi connectivity index (χ4v) is 4.78. The minimum absolute atomic E-state index is 0.0690. The summed E-state index contributed by atoms with van der Waals surface area (Å²) in [5.74, 6) is 2.66. The molecule has 0 fully saturated rings. The summed E-state index contributed by atoms with van der Waals surface area (Å²) in [6, 6.07) is 13.9. The number of hydrogen-bond acceptors (Lipinski definition) is 6. The highest BCUT2D eigenvalue weighted by molar-refractivity contribution is 7.10. The first-order valence-electron chi connectivity index (χ1n) is 10.3. The molecule has 0 bridgehead atoms. The summed E-state index contributed by atoms with van der Waals surface area (Å²) >= 11 is 1.58. The van der Waals surface area contributed by atoms with Crippen molar-refractivity contribution < 1.29 is 19.0 Å². The lowest BCUT2D eigenvalue weighted by Gasteiger charge is -2.30. The van der Waals surface area contributed by atoms with E-state index in [2.05, 4.69) is 11.0 Å². The predicted molar refractivity (Wildman–Crippen MR) is 121 cm³/mol. The Morgan fingerprint density at radius 2 is 2.06 bits per heavy atom. The SMILES string of the molecule is COc1ccccc1CCN1COc2c(cc3c(c2C)O/C(=C\c2cccs2)C3=O)C1. The van der Waals surface area contributed by atoms with Gasteiger partial charge in [-0.15, -0.1) is 11.3 Å². The highest BCUT2D eigenvalue weighted by atomic mass is 32.1. The quantitative estimate of drug-likeness (QED) is 0.526. The van der Waals surface area contributed by atoms with Crippen molar-refractivity contribution in [3.8, 4) is 17.2 Å². The molecular formula is C25H23NO4S. The predicted octanol–water partition coefficient (Wildman–Crippen LogP) is 5.08. The summed E-state index contributed by atoms with van der Waals surface area (Å²) in [5.41, 5.74) is 3.71. The molecule has 3 heterocycles. The molecule has 0 atom stereocenters. The highest BCUT2D eigenvalue weighted by Crippen LogP contribution is 2.43. The van der Waals surface area contributed by atoms with E-state index in [1.165, 1.54) is 5.56 Å². The number of hydrogen-bond donors (Lipinski definition) is 0. The van der Waals surface area contributed by atoms with Crippen LogP contribution in [0.5, 0.6) is 17.2 Å². The molecule has 0 amide bonds. The van der Waals surface area contributed by atoms with Crippen molar-refractivity contribution >= 4 is 23.2 Å². The fourth-order valence-electron chi connectivity index (χ4n) is 4.13. The van der Waals surface area contributed by atoms with Crippen molar-refractivity contribution in [1.29, 1.82) is 0 Å². The number of benzene rings is 2. The monoisotopic (exact) mass is 433 g/mol. The van der Waals surface area contributed by atoms with Crippen molar-refractivity contribution in [2.75, 3.05) is 20.4 Å². The van der Waals surface area contributed by atoms with Crippen LogP contribution in [0.3, 0.4) is 0 Å². The number of rotatable bonds is 5. The van der Waals surface area contributed by atoms with E-state index in [4.69, 9.17) is 14.2 Å². The van der Waals surface area contributed by atoms with Crippen LogP contribution in [-0.2, 0) is 13.0 Å². The molecule has 0 N–H and O–H groups in total. The van der Waals surface area contributed by atoms with Gasteiger partial charge in [0, 0.05) is 35.2 Å². The molecule has 0 spiro atoms. The van der Waals surface area contributed by atoms with Gasteiger partial charge < -0.3 is 14.2 Å². The summed E-state index contributed by atoms with van der Waals surface area (Å²) in [5, 5.41) is 1.98. The maximum absolute atomic E-state index is 13.0. The molecule has 0 unspecified atom stereocenters. The molecule has 3 aromatic rings. The molecule has 0 radical (unpaired) electrons. The third kappa shape index (κ3) is 3.73. The Balaban J connectivity index is 1.36. The lowest BCUT2D eigenvalue weighted by Crippen LogP contribution is -2.34. The zero-order valence-electron chi connectivity index (χ0n) is 17.5. The van der Waals surface area contributed by atoms with E-state index in [1.807, 2.05) is 54.8 Å². The summed E-state index contributed by atoms with van der Waals surface area (Å²) < 4.78 is 17.5. The Kier molecular flexibility index (Phi) is 5.26. The number of fused-ring (bicyclic) bond motifs is 2. The number of nitrogens with zero attached hydrogens (tertiary/aromatic N) is 1. The first-order chi connectivity index (χ1) is 15.1. The van der Waals surface area contributed by atoms with Crippen LogP contribution < -0.4 is 14.2 Å². The number of thiophene rings is 1. The fraction of sp³-hybridized carbons (Fsp3) is 0.240. The van der Waals surface area contributed by atoms with Crippen LogP contribution in [0.15, 0.2) is 53.6 Å². The van der Waals surface area contributed by atoms with Gasteiger partial charge in [0.05, 0.1) is 12.7 Å². The number of Topliss-reactive ketones (excluding diaryl/α,β-unsaturated/α-hetero) is 1. The molecule has 5 rings (SSSR count). The average Bonchev–Trinajstić information content (AvgIpc) is 3.41. The van der Waals surface area contributed by atoms with Gasteiger partial charge in [0.25, 0.3) is 0 Å². The molecule has 0 aliphatic carbocycles. The summed E-state index contributed by atoms with van der Waals surface area (Å²) in [6.07, 6.45) is 2.67. The maximum atomic E-state index is 13.0. The zero-order valence-corrected chi connectivity index (χ0v) is 18.3. The van der Waals surface area contributed by atoms with Crippen molar-refractivity contribution in [3.63, 3.8) is 0 Å². The Morgan fingerprint density at radius 3 is 2.87 bits per heavy atom. The van der Waals surface area contributed by atoms with Gasteiger partial charge >= 0.3 is 0 Å². The van der Waals surface area contributed by atoms with E-state index in [-0.39, 0.29) is 5.78 Å². The van der Waals surface area contributed by atoms with E-state index < -0.39 is 0 Å². The third-order valence-electron chi connectivity index (χ3n) is 5.71. The van der Waals surface area contributed by atoms with Gasteiger partial charge in [-0.1, -0.05) is 24.3 Å².